The maximum absolute atomic E-state index is 11.3. The van der Waals surface area contributed by atoms with Crippen molar-refractivity contribution in [3.05, 3.63) is 48.0 Å². The number of thioether (sulfide) groups is 1. The zero-order valence-electron chi connectivity index (χ0n) is 16.8. The predicted octanol–water partition coefficient (Wildman–Crippen LogP) is 3.49. The average Bonchev–Trinajstić information content (AvgIpc) is 3.25. The van der Waals surface area contributed by atoms with Crippen LogP contribution in [0.15, 0.2) is 52.1 Å². The number of carbonyl (C=O) groups excluding carboxylic acids is 1. The fourth-order valence-corrected chi connectivity index (χ4v) is 3.22. The summed E-state index contributed by atoms with van der Waals surface area (Å²) in [4.78, 5) is 11.3. The Kier molecular flexibility index (Phi) is 7.31. The van der Waals surface area contributed by atoms with Gasteiger partial charge in [-0.15, -0.1) is 10.2 Å². The fraction of sp³-hybridized carbons (Fsp3) is 0.286. The van der Waals surface area contributed by atoms with Crippen molar-refractivity contribution < 1.29 is 28.5 Å². The molecule has 1 heterocycles. The molecule has 1 aromatic heterocycles. The van der Waals surface area contributed by atoms with Crippen molar-refractivity contribution in [3.8, 4) is 28.7 Å². The molecule has 0 saturated heterocycles. The molecular formula is C21H22N2O6S. The van der Waals surface area contributed by atoms with E-state index >= 15 is 0 Å². The van der Waals surface area contributed by atoms with E-state index in [-0.39, 0.29) is 12.4 Å². The molecule has 9 heteroatoms. The molecule has 0 aliphatic carbocycles. The lowest BCUT2D eigenvalue weighted by atomic mass is 10.1. The van der Waals surface area contributed by atoms with Gasteiger partial charge in [-0.1, -0.05) is 11.8 Å². The van der Waals surface area contributed by atoms with Crippen molar-refractivity contribution in [1.29, 1.82) is 0 Å². The number of benzene rings is 2. The fourth-order valence-electron chi connectivity index (χ4n) is 2.55. The van der Waals surface area contributed by atoms with Gasteiger partial charge >= 0.3 is 0 Å². The second-order valence-electron chi connectivity index (χ2n) is 6.30. The third kappa shape index (κ3) is 5.52. The molecule has 1 unspecified atom stereocenters. The van der Waals surface area contributed by atoms with E-state index in [4.69, 9.17) is 18.6 Å². The highest BCUT2D eigenvalue weighted by molar-refractivity contribution is 7.99. The minimum absolute atomic E-state index is 0.00926. The molecule has 3 rings (SSSR count). The smallest absolute Gasteiger partial charge is 0.276 e. The van der Waals surface area contributed by atoms with Gasteiger partial charge in [0, 0.05) is 16.9 Å². The van der Waals surface area contributed by atoms with E-state index in [0.717, 1.165) is 0 Å². The summed E-state index contributed by atoms with van der Waals surface area (Å²) in [6.07, 6.45) is -0.737. The van der Waals surface area contributed by atoms with Crippen LogP contribution in [0.2, 0.25) is 0 Å². The molecule has 0 radical (unpaired) electrons. The van der Waals surface area contributed by atoms with Crippen molar-refractivity contribution >= 4 is 17.5 Å². The van der Waals surface area contributed by atoms with Gasteiger partial charge in [-0.25, -0.2) is 0 Å². The third-order valence-corrected chi connectivity index (χ3v) is 5.10. The second kappa shape index (κ2) is 10.1. The lowest BCUT2D eigenvalue weighted by Gasteiger charge is -2.11. The number of rotatable bonds is 10. The normalized spacial score (nSPS) is 11.7. The molecular weight excluding hydrogens is 408 g/mol. The average molecular weight is 430 g/mol. The van der Waals surface area contributed by atoms with Crippen LogP contribution in [0.1, 0.15) is 17.3 Å². The molecule has 0 fully saturated rings. The quantitative estimate of drug-likeness (QED) is 0.382. The monoisotopic (exact) mass is 430 g/mol. The van der Waals surface area contributed by atoms with Gasteiger partial charge in [-0.3, -0.25) is 4.79 Å². The number of methoxy groups -OCH3 is 2. The van der Waals surface area contributed by atoms with Gasteiger partial charge in [0.15, 0.2) is 17.3 Å². The summed E-state index contributed by atoms with van der Waals surface area (Å²) in [6.45, 7) is 1.61. The van der Waals surface area contributed by atoms with Crippen LogP contribution in [0.5, 0.6) is 17.2 Å². The van der Waals surface area contributed by atoms with Gasteiger partial charge in [0.05, 0.1) is 20.3 Å². The second-order valence-corrected chi connectivity index (χ2v) is 7.27. The van der Waals surface area contributed by atoms with Crippen LogP contribution in [0.25, 0.3) is 11.5 Å². The first kappa shape index (κ1) is 21.7. The van der Waals surface area contributed by atoms with E-state index in [2.05, 4.69) is 10.2 Å². The van der Waals surface area contributed by atoms with Crippen molar-refractivity contribution in [1.82, 2.24) is 10.2 Å². The Labute approximate surface area is 178 Å². The summed E-state index contributed by atoms with van der Waals surface area (Å²) in [5.41, 5.74) is 1.31. The number of ketones is 1. The van der Waals surface area contributed by atoms with E-state index in [0.29, 0.717) is 45.2 Å². The van der Waals surface area contributed by atoms with Gasteiger partial charge in [-0.05, 0) is 49.4 Å². The van der Waals surface area contributed by atoms with E-state index in [9.17, 15) is 9.90 Å². The minimum Gasteiger partial charge on any atom is -0.493 e. The Balaban J connectivity index is 1.51. The molecule has 3 aromatic rings. The SMILES string of the molecule is COc1ccc(-c2nnc(SCC(O)COc3ccc(C(C)=O)cc3)o2)cc1OC. The van der Waals surface area contributed by atoms with Gasteiger partial charge < -0.3 is 23.7 Å². The molecule has 1 N–H and O–H groups in total. The molecule has 0 bridgehead atoms. The summed E-state index contributed by atoms with van der Waals surface area (Å²) < 4.78 is 21.7. The molecule has 8 nitrogen and oxygen atoms in total. The number of Topliss-reactive ketones (excluding diaryl/α,β-unsaturated/α-hetero) is 1. The zero-order chi connectivity index (χ0) is 21.5. The minimum atomic E-state index is -0.737. The number of carbonyl (C=O) groups is 1. The van der Waals surface area contributed by atoms with Crippen LogP contribution < -0.4 is 14.2 Å². The van der Waals surface area contributed by atoms with E-state index in [1.165, 1.54) is 18.7 Å². The zero-order valence-corrected chi connectivity index (χ0v) is 17.6. The lowest BCUT2D eigenvalue weighted by molar-refractivity contribution is 0.101. The van der Waals surface area contributed by atoms with Crippen molar-refractivity contribution in [2.24, 2.45) is 0 Å². The Morgan fingerprint density at radius 1 is 1.10 bits per heavy atom. The van der Waals surface area contributed by atoms with Crippen LogP contribution in [-0.2, 0) is 0 Å². The molecule has 0 aliphatic rings. The Morgan fingerprint density at radius 3 is 2.50 bits per heavy atom. The third-order valence-electron chi connectivity index (χ3n) is 4.14. The number of hydrogen-bond donors (Lipinski definition) is 1. The van der Waals surface area contributed by atoms with Crippen LogP contribution in [0, 0.1) is 0 Å². The molecule has 0 saturated carbocycles. The number of hydrogen-bond acceptors (Lipinski definition) is 9. The van der Waals surface area contributed by atoms with Crippen LogP contribution in [-0.4, -0.2) is 53.8 Å². The number of aliphatic hydroxyl groups excluding tert-OH is 1. The first-order chi connectivity index (χ1) is 14.5. The first-order valence-corrected chi connectivity index (χ1v) is 10.1. The maximum Gasteiger partial charge on any atom is 0.276 e. The Bertz CT molecular complexity index is 989. The Hall–Kier alpha value is -3.04. The van der Waals surface area contributed by atoms with E-state index < -0.39 is 6.10 Å². The van der Waals surface area contributed by atoms with E-state index in [1.807, 2.05) is 0 Å². The van der Waals surface area contributed by atoms with Gasteiger partial charge in [-0.2, -0.15) is 0 Å². The van der Waals surface area contributed by atoms with Gasteiger partial charge in [0.25, 0.3) is 5.22 Å². The highest BCUT2D eigenvalue weighted by Crippen LogP contribution is 2.32. The molecule has 0 amide bonds. The number of aromatic nitrogens is 2. The van der Waals surface area contributed by atoms with Crippen molar-refractivity contribution in [2.75, 3.05) is 26.6 Å². The predicted molar refractivity (Wildman–Crippen MR) is 112 cm³/mol. The summed E-state index contributed by atoms with van der Waals surface area (Å²) >= 11 is 1.23. The summed E-state index contributed by atoms with van der Waals surface area (Å²) in [7, 11) is 3.12. The van der Waals surface area contributed by atoms with Gasteiger partial charge in [0.2, 0.25) is 5.89 Å². The first-order valence-electron chi connectivity index (χ1n) is 9.10. The van der Waals surface area contributed by atoms with E-state index in [1.54, 1.807) is 56.7 Å². The molecule has 1 atom stereocenters. The van der Waals surface area contributed by atoms with Crippen LogP contribution in [0.3, 0.4) is 0 Å². The van der Waals surface area contributed by atoms with Crippen molar-refractivity contribution in [3.63, 3.8) is 0 Å². The van der Waals surface area contributed by atoms with Crippen LogP contribution in [0.4, 0.5) is 0 Å². The summed E-state index contributed by atoms with van der Waals surface area (Å²) in [5, 5.41) is 18.5. The number of nitrogens with zero attached hydrogens (tertiary/aromatic N) is 2. The topological polar surface area (TPSA) is 104 Å². The highest BCUT2D eigenvalue weighted by atomic mass is 32.2. The number of aliphatic hydroxyl groups is 1. The largest absolute Gasteiger partial charge is 0.493 e. The molecule has 30 heavy (non-hydrogen) atoms. The molecule has 158 valence electrons. The molecule has 0 aliphatic heterocycles. The Morgan fingerprint density at radius 2 is 1.83 bits per heavy atom. The molecule has 2 aromatic carbocycles. The van der Waals surface area contributed by atoms with Gasteiger partial charge in [0.1, 0.15) is 12.4 Å². The highest BCUT2D eigenvalue weighted by Gasteiger charge is 2.14. The van der Waals surface area contributed by atoms with Crippen molar-refractivity contribution in [2.45, 2.75) is 18.3 Å². The summed E-state index contributed by atoms with van der Waals surface area (Å²) in [6, 6.07) is 12.1. The summed E-state index contributed by atoms with van der Waals surface area (Å²) in [5.74, 6) is 2.40. The van der Waals surface area contributed by atoms with Crippen LogP contribution >= 0.6 is 11.8 Å². The number of ether oxygens (including phenoxy) is 3. The molecule has 0 spiro atoms. The lowest BCUT2D eigenvalue weighted by Crippen LogP contribution is -2.20. The standard InChI is InChI=1S/C21H22N2O6S/c1-13(24)14-4-7-17(8-5-14)28-11-16(25)12-30-21-23-22-20(29-21)15-6-9-18(26-2)19(10-15)27-3/h4-10,16,25H,11-12H2,1-3H3. The maximum atomic E-state index is 11.3.